The summed E-state index contributed by atoms with van der Waals surface area (Å²) in [6, 6.07) is 0. The molecule has 0 radical (unpaired) electrons. The van der Waals surface area contributed by atoms with E-state index in [1.54, 1.807) is 0 Å². The molecule has 366 valence electrons. The van der Waals surface area contributed by atoms with Gasteiger partial charge in [0, 0.05) is 0 Å². The van der Waals surface area contributed by atoms with Gasteiger partial charge in [-0.2, -0.15) is 0 Å². The fourth-order valence-corrected chi connectivity index (χ4v) is 14.9. The Morgan fingerprint density at radius 1 is 0.672 bits per heavy atom. The molecular weight excluding hydrogens is 836 g/mol. The number of fused-ring (bicyclic) bond motifs is 7. The lowest BCUT2D eigenvalue weighted by Crippen LogP contribution is -2.67. The van der Waals surface area contributed by atoms with E-state index in [0.29, 0.717) is 25.2 Å². The first-order valence-corrected chi connectivity index (χ1v) is 23.7. The van der Waals surface area contributed by atoms with Gasteiger partial charge in [0.15, 0.2) is 18.9 Å². The number of allylic oxidation sites excluding steroid dienone is 2. The highest BCUT2D eigenvalue weighted by Crippen LogP contribution is 2.76. The number of rotatable bonds is 9. The molecule has 0 aromatic rings. The van der Waals surface area contributed by atoms with Crippen molar-refractivity contribution in [1.82, 2.24) is 0 Å². The predicted molar refractivity (Wildman–Crippen MR) is 225 cm³/mol. The number of ether oxygens (including phenoxy) is 6. The monoisotopic (exact) mass is 913 g/mol. The molecule has 10 N–H and O–H groups in total. The molecule has 7 fully saturated rings. The van der Waals surface area contributed by atoms with Crippen LogP contribution in [0.5, 0.6) is 0 Å². The first-order valence-electron chi connectivity index (χ1n) is 23.7. The Hall–Kier alpha value is -1.39. The van der Waals surface area contributed by atoms with E-state index in [-0.39, 0.29) is 40.1 Å². The van der Waals surface area contributed by atoms with Gasteiger partial charge in [-0.3, -0.25) is 4.79 Å². The van der Waals surface area contributed by atoms with Crippen LogP contribution < -0.4 is 0 Å². The molecule has 0 aromatic carbocycles. The largest absolute Gasteiger partial charge is 0.481 e. The molecule has 0 bridgehead atoms. The average Bonchev–Trinajstić information content (AvgIpc) is 3.23. The van der Waals surface area contributed by atoms with Gasteiger partial charge >= 0.3 is 5.97 Å². The van der Waals surface area contributed by atoms with Crippen LogP contribution >= 0.6 is 0 Å². The Morgan fingerprint density at radius 3 is 1.83 bits per heavy atom. The summed E-state index contributed by atoms with van der Waals surface area (Å²) in [4.78, 5) is 13.2. The third-order valence-electron chi connectivity index (χ3n) is 19.0. The number of hydrogen-bond donors (Lipinski definition) is 10. The maximum atomic E-state index is 13.2. The summed E-state index contributed by atoms with van der Waals surface area (Å²) >= 11 is 0. The second-order valence-corrected chi connectivity index (χ2v) is 23.0. The number of hydrogen-bond acceptors (Lipinski definition) is 16. The summed E-state index contributed by atoms with van der Waals surface area (Å²) in [6.07, 6.45) is -12.2. The fraction of sp³-hybridized carbons (Fsp3) is 0.936. The SMILES string of the molecule is CC1(C)CC[C@]2(C(=O)O)CC[C@]3(C)C(=CC[C@@H]4[C@@]5(C)CC[C@H](O[C@@H]6OC[C@H](O)[C@H](O[C@@H]7O[C@H](CO)[C@H](O)[C@H](O)[C@H]7O)[C@H]6O[C@@H]6O[C@H](CO)[C@@H](O)[C@H](O)[C@H]6O)C(C)(C)[C@H]5CC[C@]43C)[C@@H]2C1. The minimum absolute atomic E-state index is 0.0112. The molecule has 64 heavy (non-hydrogen) atoms. The molecule has 5 aliphatic carbocycles. The summed E-state index contributed by atoms with van der Waals surface area (Å²) in [5.41, 5.74) is -0.0768. The summed E-state index contributed by atoms with van der Waals surface area (Å²) in [6.45, 7) is 14.5. The van der Waals surface area contributed by atoms with E-state index in [1.165, 1.54) is 5.57 Å². The van der Waals surface area contributed by atoms with Gasteiger partial charge in [0.1, 0.15) is 67.1 Å². The molecule has 0 unspecified atom stereocenters. The molecule has 3 saturated heterocycles. The zero-order valence-corrected chi connectivity index (χ0v) is 38.5. The first kappa shape index (κ1) is 49.0. The van der Waals surface area contributed by atoms with Crippen LogP contribution in [-0.4, -0.2) is 169 Å². The van der Waals surface area contributed by atoms with Gasteiger partial charge in [0.25, 0.3) is 0 Å². The number of aliphatic carboxylic acids is 1. The maximum Gasteiger partial charge on any atom is 0.310 e. The molecular formula is C47H76O17. The van der Waals surface area contributed by atoms with Crippen molar-refractivity contribution in [2.24, 2.45) is 50.2 Å². The molecule has 8 aliphatic rings. The Bertz CT molecular complexity index is 1740. The number of carboxylic acids is 1. The van der Waals surface area contributed by atoms with Crippen molar-refractivity contribution < 1.29 is 84.3 Å². The van der Waals surface area contributed by atoms with E-state index >= 15 is 0 Å². The third kappa shape index (κ3) is 7.58. The highest BCUT2D eigenvalue weighted by atomic mass is 16.8. The van der Waals surface area contributed by atoms with E-state index in [9.17, 15) is 55.9 Å². The minimum Gasteiger partial charge on any atom is -0.481 e. The molecule has 4 saturated carbocycles. The smallest absolute Gasteiger partial charge is 0.310 e. The topological polar surface area (TPSA) is 275 Å². The van der Waals surface area contributed by atoms with Crippen molar-refractivity contribution in [1.29, 1.82) is 0 Å². The Morgan fingerprint density at radius 2 is 1.25 bits per heavy atom. The van der Waals surface area contributed by atoms with Crippen molar-refractivity contribution >= 4 is 5.97 Å². The number of carbonyl (C=O) groups is 1. The molecule has 0 spiro atoms. The highest BCUT2D eigenvalue weighted by molar-refractivity contribution is 5.76. The van der Waals surface area contributed by atoms with Crippen molar-refractivity contribution in [2.75, 3.05) is 19.8 Å². The molecule has 8 rings (SSSR count). The van der Waals surface area contributed by atoms with Crippen LogP contribution in [0.1, 0.15) is 113 Å². The third-order valence-corrected chi connectivity index (χ3v) is 19.0. The van der Waals surface area contributed by atoms with Gasteiger partial charge in [0.2, 0.25) is 0 Å². The molecule has 3 heterocycles. The lowest BCUT2D eigenvalue weighted by molar-refractivity contribution is -0.389. The zero-order valence-electron chi connectivity index (χ0n) is 38.5. The standard InChI is InChI=1S/C47H76O17/c1-42(2)14-16-47(41(57)58)17-15-45(6)22(23(47)18-42)8-9-28-44(5)12-11-29(43(3,4)27(44)10-13-46(28,45)7)62-40-37(64-39-35(56)33(54)31(52)26(20-49)61-39)36(24(50)21-59-40)63-38-34(55)32(53)30(51)25(19-48)60-38/h8,23-40,48-56H,9-21H2,1-7H3,(H,57,58)/t23-,24-,25+,26+,27+,28+,29-,30-,31+,32-,33-,34+,35+,36-,37+,38-,39-,40-,44-,45+,46+,47-/m0/s1. The molecule has 22 atom stereocenters. The number of carboxylic acid groups (broad SMARTS) is 1. The van der Waals surface area contributed by atoms with Crippen molar-refractivity contribution in [3.8, 4) is 0 Å². The van der Waals surface area contributed by atoms with E-state index in [1.807, 2.05) is 0 Å². The Kier molecular flexibility index (Phi) is 13.2. The van der Waals surface area contributed by atoms with Crippen molar-refractivity contribution in [3.63, 3.8) is 0 Å². The molecule has 17 nitrogen and oxygen atoms in total. The minimum atomic E-state index is -1.84. The maximum absolute atomic E-state index is 13.2. The van der Waals surface area contributed by atoms with Gasteiger partial charge < -0.3 is 79.5 Å². The van der Waals surface area contributed by atoms with E-state index in [2.05, 4.69) is 54.5 Å². The second-order valence-electron chi connectivity index (χ2n) is 23.0. The molecule has 17 heteroatoms. The van der Waals surface area contributed by atoms with Gasteiger partial charge in [-0.25, -0.2) is 0 Å². The molecule has 0 aromatic heterocycles. The Labute approximate surface area is 376 Å². The van der Waals surface area contributed by atoms with E-state index < -0.39 is 122 Å². The van der Waals surface area contributed by atoms with Crippen LogP contribution in [0, 0.1) is 50.2 Å². The van der Waals surface area contributed by atoms with E-state index in [0.717, 1.165) is 44.9 Å². The number of aliphatic hydroxyl groups excluding tert-OH is 9. The second kappa shape index (κ2) is 17.2. The van der Waals surface area contributed by atoms with Gasteiger partial charge in [-0.1, -0.05) is 60.1 Å². The average molecular weight is 913 g/mol. The zero-order chi connectivity index (χ0) is 46.7. The Balaban J connectivity index is 1.07. The predicted octanol–water partition coefficient (Wildman–Crippen LogP) is 1.35. The van der Waals surface area contributed by atoms with Gasteiger partial charge in [0.05, 0.1) is 31.3 Å². The number of aliphatic hydroxyl groups is 9. The lowest BCUT2D eigenvalue weighted by Gasteiger charge is -2.71. The lowest BCUT2D eigenvalue weighted by atomic mass is 9.33. The summed E-state index contributed by atoms with van der Waals surface area (Å²) in [5.74, 6) is -0.132. The fourth-order valence-electron chi connectivity index (χ4n) is 14.9. The van der Waals surface area contributed by atoms with Crippen LogP contribution in [-0.2, 0) is 33.2 Å². The molecule has 0 amide bonds. The van der Waals surface area contributed by atoms with Crippen LogP contribution in [0.4, 0.5) is 0 Å². The van der Waals surface area contributed by atoms with Crippen molar-refractivity contribution in [2.45, 2.75) is 205 Å². The summed E-state index contributed by atoms with van der Waals surface area (Å²) < 4.78 is 36.9. The quantitative estimate of drug-likeness (QED) is 0.116. The van der Waals surface area contributed by atoms with Crippen LogP contribution in [0.25, 0.3) is 0 Å². The summed E-state index contributed by atoms with van der Waals surface area (Å²) in [7, 11) is 0. The van der Waals surface area contributed by atoms with Crippen LogP contribution in [0.15, 0.2) is 11.6 Å². The van der Waals surface area contributed by atoms with Gasteiger partial charge in [-0.05, 0) is 109 Å². The molecule has 3 aliphatic heterocycles. The highest BCUT2D eigenvalue weighted by Gasteiger charge is 2.70. The van der Waals surface area contributed by atoms with Crippen LogP contribution in [0.3, 0.4) is 0 Å². The van der Waals surface area contributed by atoms with Gasteiger partial charge in [-0.15, -0.1) is 0 Å². The first-order chi connectivity index (χ1) is 29.9. The van der Waals surface area contributed by atoms with E-state index in [4.69, 9.17) is 28.4 Å². The van der Waals surface area contributed by atoms with Crippen molar-refractivity contribution in [3.05, 3.63) is 11.6 Å². The normalized spacial score (nSPS) is 53.5. The summed E-state index contributed by atoms with van der Waals surface area (Å²) in [5, 5.41) is 106. The van der Waals surface area contributed by atoms with Crippen LogP contribution in [0.2, 0.25) is 0 Å².